The van der Waals surface area contributed by atoms with Gasteiger partial charge in [0.05, 0.1) is 11.9 Å². The number of aromatic carboxylic acids is 1. The van der Waals surface area contributed by atoms with Crippen molar-refractivity contribution in [2.75, 3.05) is 13.6 Å². The van der Waals surface area contributed by atoms with E-state index in [0.717, 1.165) is 13.0 Å². The standard InChI is InChI=1S/C15H17N3O3/c1-17(8-2-9-18-10-7-16-11-18)14(19)12-3-5-13(6-4-12)15(20)21/h3-7,10-11H,2,8-9H2,1H3,(H,20,21). The zero-order valence-electron chi connectivity index (χ0n) is 11.8. The van der Waals surface area contributed by atoms with Gasteiger partial charge in [-0.15, -0.1) is 0 Å². The van der Waals surface area contributed by atoms with E-state index in [1.54, 1.807) is 24.5 Å². The van der Waals surface area contributed by atoms with Crippen LogP contribution in [-0.4, -0.2) is 45.0 Å². The quantitative estimate of drug-likeness (QED) is 0.878. The number of nitrogens with zero attached hydrogens (tertiary/aromatic N) is 3. The minimum absolute atomic E-state index is 0.113. The topological polar surface area (TPSA) is 75.4 Å². The van der Waals surface area contributed by atoms with Gasteiger partial charge in [-0.2, -0.15) is 0 Å². The third-order valence-corrected chi connectivity index (χ3v) is 3.19. The first-order valence-corrected chi connectivity index (χ1v) is 6.62. The van der Waals surface area contributed by atoms with E-state index in [4.69, 9.17) is 5.11 Å². The number of carbonyl (C=O) groups is 2. The van der Waals surface area contributed by atoms with Crippen LogP contribution in [0.1, 0.15) is 27.1 Å². The van der Waals surface area contributed by atoms with E-state index in [-0.39, 0.29) is 11.5 Å². The minimum atomic E-state index is -0.998. The molecule has 6 heteroatoms. The molecular formula is C15H17N3O3. The summed E-state index contributed by atoms with van der Waals surface area (Å²) in [6.45, 7) is 1.42. The fourth-order valence-electron chi connectivity index (χ4n) is 1.99. The SMILES string of the molecule is CN(CCCn1ccnc1)C(=O)c1ccc(C(=O)O)cc1. The molecule has 2 rings (SSSR count). The maximum Gasteiger partial charge on any atom is 0.335 e. The van der Waals surface area contributed by atoms with Crippen LogP contribution in [0.15, 0.2) is 43.0 Å². The van der Waals surface area contributed by atoms with E-state index in [9.17, 15) is 9.59 Å². The Hall–Kier alpha value is -2.63. The van der Waals surface area contributed by atoms with Crippen LogP contribution >= 0.6 is 0 Å². The van der Waals surface area contributed by atoms with E-state index in [2.05, 4.69) is 4.98 Å². The van der Waals surface area contributed by atoms with Crippen molar-refractivity contribution in [2.24, 2.45) is 0 Å². The molecule has 2 aromatic rings. The molecule has 1 heterocycles. The summed E-state index contributed by atoms with van der Waals surface area (Å²) < 4.78 is 1.96. The number of carboxylic acid groups (broad SMARTS) is 1. The monoisotopic (exact) mass is 287 g/mol. The van der Waals surface area contributed by atoms with Gasteiger partial charge < -0.3 is 14.6 Å². The molecule has 1 aromatic carbocycles. The zero-order chi connectivity index (χ0) is 15.2. The second kappa shape index (κ2) is 6.69. The van der Waals surface area contributed by atoms with Crippen LogP contribution in [0.2, 0.25) is 0 Å². The van der Waals surface area contributed by atoms with Gasteiger partial charge >= 0.3 is 5.97 Å². The summed E-state index contributed by atoms with van der Waals surface area (Å²) in [6.07, 6.45) is 6.17. The van der Waals surface area contributed by atoms with Gasteiger partial charge in [-0.25, -0.2) is 9.78 Å². The average Bonchev–Trinajstić information content (AvgIpc) is 2.99. The lowest BCUT2D eigenvalue weighted by Crippen LogP contribution is -2.28. The molecule has 0 spiro atoms. The van der Waals surface area contributed by atoms with Crippen molar-refractivity contribution in [1.29, 1.82) is 0 Å². The molecule has 0 radical (unpaired) electrons. The van der Waals surface area contributed by atoms with Gasteiger partial charge in [-0.3, -0.25) is 4.79 Å². The van der Waals surface area contributed by atoms with Gasteiger partial charge in [0.2, 0.25) is 0 Å². The lowest BCUT2D eigenvalue weighted by Gasteiger charge is -2.17. The Bertz CT molecular complexity index is 606. The number of amides is 1. The van der Waals surface area contributed by atoms with Crippen LogP contribution in [0.5, 0.6) is 0 Å². The molecule has 6 nitrogen and oxygen atoms in total. The highest BCUT2D eigenvalue weighted by Crippen LogP contribution is 2.07. The normalized spacial score (nSPS) is 10.3. The molecular weight excluding hydrogens is 270 g/mol. The molecule has 0 saturated heterocycles. The Morgan fingerprint density at radius 3 is 2.48 bits per heavy atom. The average molecular weight is 287 g/mol. The highest BCUT2D eigenvalue weighted by Gasteiger charge is 2.12. The van der Waals surface area contributed by atoms with E-state index in [1.165, 1.54) is 24.3 Å². The van der Waals surface area contributed by atoms with Gasteiger partial charge in [-0.1, -0.05) is 0 Å². The number of hydrogen-bond donors (Lipinski definition) is 1. The van der Waals surface area contributed by atoms with Crippen LogP contribution in [0.25, 0.3) is 0 Å². The largest absolute Gasteiger partial charge is 0.478 e. The number of aryl methyl sites for hydroxylation is 1. The minimum Gasteiger partial charge on any atom is -0.478 e. The summed E-state index contributed by atoms with van der Waals surface area (Å²) in [5.74, 6) is -1.11. The van der Waals surface area contributed by atoms with E-state index in [1.807, 2.05) is 10.8 Å². The number of benzene rings is 1. The van der Waals surface area contributed by atoms with Crippen LogP contribution in [0, 0.1) is 0 Å². The first kappa shape index (κ1) is 14.8. The Morgan fingerprint density at radius 2 is 1.90 bits per heavy atom. The lowest BCUT2D eigenvalue weighted by molar-refractivity contribution is 0.0695. The van der Waals surface area contributed by atoms with Gasteiger partial charge in [0, 0.05) is 38.1 Å². The van der Waals surface area contributed by atoms with Crippen molar-refractivity contribution in [1.82, 2.24) is 14.5 Å². The molecule has 110 valence electrons. The fourth-order valence-corrected chi connectivity index (χ4v) is 1.99. The molecule has 0 atom stereocenters. The Labute approximate surface area is 122 Å². The first-order chi connectivity index (χ1) is 10.1. The molecule has 1 amide bonds. The van der Waals surface area contributed by atoms with E-state index >= 15 is 0 Å². The van der Waals surface area contributed by atoms with Gasteiger partial charge in [0.25, 0.3) is 5.91 Å². The predicted octanol–water partition coefficient (Wildman–Crippen LogP) is 1.74. The molecule has 1 aromatic heterocycles. The summed E-state index contributed by atoms with van der Waals surface area (Å²) in [5, 5.41) is 8.83. The van der Waals surface area contributed by atoms with Gasteiger partial charge in [0.1, 0.15) is 0 Å². The fraction of sp³-hybridized carbons (Fsp3) is 0.267. The van der Waals surface area contributed by atoms with E-state index < -0.39 is 5.97 Å². The second-order valence-corrected chi connectivity index (χ2v) is 4.76. The van der Waals surface area contributed by atoms with Crippen LogP contribution in [0.4, 0.5) is 0 Å². The van der Waals surface area contributed by atoms with Crippen molar-refractivity contribution in [3.05, 3.63) is 54.1 Å². The number of rotatable bonds is 6. The van der Waals surface area contributed by atoms with Gasteiger partial charge in [-0.05, 0) is 30.7 Å². The Morgan fingerprint density at radius 1 is 1.24 bits per heavy atom. The molecule has 0 aliphatic carbocycles. The van der Waals surface area contributed by atoms with Crippen molar-refractivity contribution in [3.63, 3.8) is 0 Å². The molecule has 0 unspecified atom stereocenters. The molecule has 1 N–H and O–H groups in total. The highest BCUT2D eigenvalue weighted by molar-refractivity contribution is 5.95. The summed E-state index contributed by atoms with van der Waals surface area (Å²) in [5.41, 5.74) is 0.666. The molecule has 0 aliphatic rings. The second-order valence-electron chi connectivity index (χ2n) is 4.76. The third kappa shape index (κ3) is 3.92. The Kier molecular flexibility index (Phi) is 4.71. The highest BCUT2D eigenvalue weighted by atomic mass is 16.4. The Balaban J connectivity index is 1.87. The van der Waals surface area contributed by atoms with Crippen LogP contribution in [-0.2, 0) is 6.54 Å². The third-order valence-electron chi connectivity index (χ3n) is 3.19. The molecule has 0 saturated carbocycles. The summed E-state index contributed by atoms with van der Waals surface area (Å²) in [6, 6.07) is 5.96. The summed E-state index contributed by atoms with van der Waals surface area (Å²) in [7, 11) is 1.74. The summed E-state index contributed by atoms with van der Waals surface area (Å²) >= 11 is 0. The number of carbonyl (C=O) groups excluding carboxylic acids is 1. The maximum absolute atomic E-state index is 12.2. The number of carboxylic acids is 1. The number of aromatic nitrogens is 2. The molecule has 0 aliphatic heterocycles. The molecule has 0 fully saturated rings. The zero-order valence-corrected chi connectivity index (χ0v) is 11.8. The smallest absolute Gasteiger partial charge is 0.335 e. The van der Waals surface area contributed by atoms with Crippen LogP contribution < -0.4 is 0 Å². The van der Waals surface area contributed by atoms with E-state index in [0.29, 0.717) is 12.1 Å². The number of hydrogen-bond acceptors (Lipinski definition) is 3. The van der Waals surface area contributed by atoms with Crippen molar-refractivity contribution in [2.45, 2.75) is 13.0 Å². The lowest BCUT2D eigenvalue weighted by atomic mass is 10.1. The van der Waals surface area contributed by atoms with Crippen LogP contribution in [0.3, 0.4) is 0 Å². The summed E-state index contributed by atoms with van der Waals surface area (Å²) in [4.78, 5) is 28.5. The van der Waals surface area contributed by atoms with Crippen molar-refractivity contribution < 1.29 is 14.7 Å². The van der Waals surface area contributed by atoms with Crippen molar-refractivity contribution in [3.8, 4) is 0 Å². The number of imidazole rings is 1. The predicted molar refractivity (Wildman–Crippen MR) is 77.2 cm³/mol. The molecule has 0 bridgehead atoms. The van der Waals surface area contributed by atoms with Gasteiger partial charge in [0.15, 0.2) is 0 Å². The maximum atomic E-state index is 12.2. The first-order valence-electron chi connectivity index (χ1n) is 6.62. The van der Waals surface area contributed by atoms with Crippen molar-refractivity contribution >= 4 is 11.9 Å². The molecule has 21 heavy (non-hydrogen) atoms.